The standard InChI is InChI=1S/C17H22N4/c1-13-8-9-19-17(16(13)18)21-11-10-20(2)12-15(21)14-6-4-3-5-7-14/h3-9,15H,10-12,18H2,1-2H3. The van der Waals surface area contributed by atoms with Crippen molar-refractivity contribution in [1.29, 1.82) is 0 Å². The van der Waals surface area contributed by atoms with Gasteiger partial charge in [-0.25, -0.2) is 4.98 Å². The number of pyridine rings is 1. The van der Waals surface area contributed by atoms with E-state index in [-0.39, 0.29) is 0 Å². The number of aromatic nitrogens is 1. The molecule has 1 atom stereocenters. The summed E-state index contributed by atoms with van der Waals surface area (Å²) in [5.41, 5.74) is 9.47. The van der Waals surface area contributed by atoms with Gasteiger partial charge in [0.25, 0.3) is 0 Å². The average molecular weight is 282 g/mol. The van der Waals surface area contributed by atoms with Crippen molar-refractivity contribution in [2.24, 2.45) is 0 Å². The highest BCUT2D eigenvalue weighted by molar-refractivity contribution is 5.67. The number of anilines is 2. The zero-order chi connectivity index (χ0) is 14.8. The van der Waals surface area contributed by atoms with E-state index >= 15 is 0 Å². The van der Waals surface area contributed by atoms with E-state index in [9.17, 15) is 0 Å². The van der Waals surface area contributed by atoms with Gasteiger partial charge >= 0.3 is 0 Å². The minimum absolute atomic E-state index is 0.293. The number of nitrogen functional groups attached to an aromatic ring is 1. The maximum atomic E-state index is 6.27. The summed E-state index contributed by atoms with van der Waals surface area (Å²) in [5, 5.41) is 0. The first-order chi connectivity index (χ1) is 10.2. The fourth-order valence-corrected chi connectivity index (χ4v) is 2.92. The molecule has 1 aromatic heterocycles. The van der Waals surface area contributed by atoms with Crippen molar-refractivity contribution < 1.29 is 0 Å². The maximum absolute atomic E-state index is 6.27. The normalized spacial score (nSPS) is 19.7. The Bertz CT molecular complexity index is 611. The van der Waals surface area contributed by atoms with Gasteiger partial charge in [-0.05, 0) is 31.2 Å². The number of piperazine rings is 1. The van der Waals surface area contributed by atoms with Crippen molar-refractivity contribution in [2.45, 2.75) is 13.0 Å². The van der Waals surface area contributed by atoms with Crippen LogP contribution in [0.5, 0.6) is 0 Å². The molecule has 1 unspecified atom stereocenters. The van der Waals surface area contributed by atoms with Crippen LogP contribution in [-0.4, -0.2) is 36.6 Å². The van der Waals surface area contributed by atoms with Gasteiger partial charge < -0.3 is 15.5 Å². The molecule has 21 heavy (non-hydrogen) atoms. The fraction of sp³-hybridized carbons (Fsp3) is 0.353. The Kier molecular flexibility index (Phi) is 3.80. The van der Waals surface area contributed by atoms with Gasteiger partial charge in [-0.2, -0.15) is 0 Å². The highest BCUT2D eigenvalue weighted by Gasteiger charge is 2.28. The van der Waals surface area contributed by atoms with E-state index in [4.69, 9.17) is 5.73 Å². The third kappa shape index (κ3) is 2.72. The number of hydrogen-bond acceptors (Lipinski definition) is 4. The van der Waals surface area contributed by atoms with Crippen molar-refractivity contribution in [2.75, 3.05) is 37.3 Å². The molecule has 110 valence electrons. The van der Waals surface area contributed by atoms with E-state index < -0.39 is 0 Å². The Hall–Kier alpha value is -2.07. The van der Waals surface area contributed by atoms with Crippen LogP contribution in [0, 0.1) is 6.92 Å². The van der Waals surface area contributed by atoms with Crippen LogP contribution in [0.15, 0.2) is 42.6 Å². The first-order valence-electron chi connectivity index (χ1n) is 7.38. The van der Waals surface area contributed by atoms with Crippen LogP contribution >= 0.6 is 0 Å². The van der Waals surface area contributed by atoms with E-state index in [1.165, 1.54) is 5.56 Å². The Balaban J connectivity index is 2.00. The molecule has 2 heterocycles. The summed E-state index contributed by atoms with van der Waals surface area (Å²) in [5.74, 6) is 0.914. The van der Waals surface area contributed by atoms with Crippen LogP contribution < -0.4 is 10.6 Å². The molecule has 0 saturated carbocycles. The minimum Gasteiger partial charge on any atom is -0.396 e. The van der Waals surface area contributed by atoms with E-state index in [0.29, 0.717) is 6.04 Å². The number of nitrogens with zero attached hydrogens (tertiary/aromatic N) is 3. The molecule has 4 heteroatoms. The third-order valence-electron chi connectivity index (χ3n) is 4.23. The summed E-state index contributed by atoms with van der Waals surface area (Å²) < 4.78 is 0. The Morgan fingerprint density at radius 2 is 1.90 bits per heavy atom. The molecule has 1 aliphatic rings. The number of benzene rings is 1. The van der Waals surface area contributed by atoms with Crippen molar-refractivity contribution in [3.63, 3.8) is 0 Å². The van der Waals surface area contributed by atoms with Crippen molar-refractivity contribution in [3.8, 4) is 0 Å². The summed E-state index contributed by atoms with van der Waals surface area (Å²) in [6.07, 6.45) is 1.85. The predicted molar refractivity (Wildman–Crippen MR) is 87.4 cm³/mol. The average Bonchev–Trinajstić information content (AvgIpc) is 2.51. The lowest BCUT2D eigenvalue weighted by molar-refractivity contribution is 0.268. The summed E-state index contributed by atoms with van der Waals surface area (Å²) in [4.78, 5) is 9.25. The zero-order valence-electron chi connectivity index (χ0n) is 12.7. The number of aryl methyl sites for hydroxylation is 1. The van der Waals surface area contributed by atoms with Crippen LogP contribution in [0.2, 0.25) is 0 Å². The number of nitrogens with two attached hydrogens (primary N) is 1. The number of likely N-dealkylation sites (N-methyl/N-ethyl adjacent to an activating group) is 1. The lowest BCUT2D eigenvalue weighted by Gasteiger charge is -2.41. The molecule has 0 spiro atoms. The molecule has 3 rings (SSSR count). The monoisotopic (exact) mass is 282 g/mol. The van der Waals surface area contributed by atoms with E-state index in [1.54, 1.807) is 0 Å². The van der Waals surface area contributed by atoms with Gasteiger partial charge in [0.15, 0.2) is 5.82 Å². The molecule has 2 N–H and O–H groups in total. The van der Waals surface area contributed by atoms with Gasteiger partial charge in [0.2, 0.25) is 0 Å². The van der Waals surface area contributed by atoms with E-state index in [2.05, 4.69) is 52.2 Å². The van der Waals surface area contributed by atoms with Crippen LogP contribution in [-0.2, 0) is 0 Å². The highest BCUT2D eigenvalue weighted by Crippen LogP contribution is 2.33. The molecule has 0 aliphatic carbocycles. The SMILES string of the molecule is Cc1ccnc(N2CCN(C)CC2c2ccccc2)c1N. The van der Waals surface area contributed by atoms with Gasteiger partial charge in [0, 0.05) is 25.8 Å². The first kappa shape index (κ1) is 13.9. The molecule has 1 saturated heterocycles. The fourth-order valence-electron chi connectivity index (χ4n) is 2.92. The quantitative estimate of drug-likeness (QED) is 0.919. The molecule has 1 aromatic carbocycles. The lowest BCUT2D eigenvalue weighted by atomic mass is 10.0. The van der Waals surface area contributed by atoms with Crippen molar-refractivity contribution in [3.05, 3.63) is 53.7 Å². The number of hydrogen-bond donors (Lipinski definition) is 1. The van der Waals surface area contributed by atoms with Crippen LogP contribution in [0.3, 0.4) is 0 Å². The van der Waals surface area contributed by atoms with Crippen LogP contribution in [0.1, 0.15) is 17.2 Å². The zero-order valence-corrected chi connectivity index (χ0v) is 12.7. The molecular formula is C17H22N4. The second-order valence-corrected chi connectivity index (χ2v) is 5.75. The van der Waals surface area contributed by atoms with Gasteiger partial charge in [0.1, 0.15) is 0 Å². The summed E-state index contributed by atoms with van der Waals surface area (Å²) in [6.45, 7) is 4.99. The molecule has 0 bridgehead atoms. The Morgan fingerprint density at radius 1 is 1.14 bits per heavy atom. The van der Waals surface area contributed by atoms with Crippen molar-refractivity contribution in [1.82, 2.24) is 9.88 Å². The molecule has 1 aliphatic heterocycles. The van der Waals surface area contributed by atoms with E-state index in [1.807, 2.05) is 19.2 Å². The van der Waals surface area contributed by atoms with Gasteiger partial charge in [-0.1, -0.05) is 30.3 Å². The van der Waals surface area contributed by atoms with Gasteiger partial charge in [0.05, 0.1) is 11.7 Å². The molecule has 0 amide bonds. The Morgan fingerprint density at radius 3 is 2.67 bits per heavy atom. The van der Waals surface area contributed by atoms with Gasteiger partial charge in [-0.15, -0.1) is 0 Å². The lowest BCUT2D eigenvalue weighted by Crippen LogP contribution is -2.47. The smallest absolute Gasteiger partial charge is 0.152 e. The summed E-state index contributed by atoms with van der Waals surface area (Å²) >= 11 is 0. The van der Waals surface area contributed by atoms with E-state index in [0.717, 1.165) is 36.7 Å². The van der Waals surface area contributed by atoms with Crippen LogP contribution in [0.4, 0.5) is 11.5 Å². The molecule has 0 radical (unpaired) electrons. The highest BCUT2D eigenvalue weighted by atomic mass is 15.3. The summed E-state index contributed by atoms with van der Waals surface area (Å²) in [6, 6.07) is 12.9. The second-order valence-electron chi connectivity index (χ2n) is 5.75. The molecular weight excluding hydrogens is 260 g/mol. The largest absolute Gasteiger partial charge is 0.396 e. The van der Waals surface area contributed by atoms with Crippen molar-refractivity contribution >= 4 is 11.5 Å². The Labute approximate surface area is 126 Å². The first-order valence-corrected chi connectivity index (χ1v) is 7.38. The summed E-state index contributed by atoms with van der Waals surface area (Å²) in [7, 11) is 2.17. The minimum atomic E-state index is 0.293. The molecule has 2 aromatic rings. The maximum Gasteiger partial charge on any atom is 0.152 e. The molecule has 1 fully saturated rings. The number of rotatable bonds is 2. The second kappa shape index (κ2) is 5.74. The van der Waals surface area contributed by atoms with Crippen LogP contribution in [0.25, 0.3) is 0 Å². The predicted octanol–water partition coefficient (Wildman–Crippen LogP) is 2.47. The molecule has 4 nitrogen and oxygen atoms in total. The van der Waals surface area contributed by atoms with Gasteiger partial charge in [-0.3, -0.25) is 0 Å². The topological polar surface area (TPSA) is 45.4 Å². The third-order valence-corrected chi connectivity index (χ3v) is 4.23.